The maximum atomic E-state index is 12.4. The van der Waals surface area contributed by atoms with E-state index in [0.717, 1.165) is 17.7 Å². The molecule has 1 amide bonds. The Hall–Kier alpha value is -2.37. The summed E-state index contributed by atoms with van der Waals surface area (Å²) in [6.45, 7) is 0. The van der Waals surface area contributed by atoms with Crippen molar-refractivity contribution in [3.05, 3.63) is 35.7 Å². The highest BCUT2D eigenvalue weighted by molar-refractivity contribution is 7.99. The van der Waals surface area contributed by atoms with Gasteiger partial charge in [-0.3, -0.25) is 4.79 Å². The monoisotopic (exact) mass is 341 g/mol. The number of hydrogen-bond donors (Lipinski definition) is 2. The molecule has 0 aliphatic carbocycles. The van der Waals surface area contributed by atoms with E-state index in [1.165, 1.54) is 18.2 Å². The number of nitrogens with zero attached hydrogens (tertiary/aromatic N) is 3. The highest BCUT2D eigenvalue weighted by Gasteiger charge is 2.39. The average Bonchev–Trinajstić information content (AvgIpc) is 3.32. The van der Waals surface area contributed by atoms with Crippen LogP contribution < -0.4 is 10.6 Å². The van der Waals surface area contributed by atoms with E-state index in [9.17, 15) is 4.79 Å². The van der Waals surface area contributed by atoms with Gasteiger partial charge in [-0.15, -0.1) is 0 Å². The molecule has 2 saturated heterocycles. The van der Waals surface area contributed by atoms with Crippen molar-refractivity contribution in [2.24, 2.45) is 0 Å². The molecule has 3 heterocycles. The third-order valence-electron chi connectivity index (χ3n) is 4.44. The number of benzene rings is 1. The van der Waals surface area contributed by atoms with Crippen molar-refractivity contribution in [3.63, 3.8) is 0 Å². The molecule has 2 aromatic rings. The summed E-state index contributed by atoms with van der Waals surface area (Å²) in [5.74, 6) is -0.108. The van der Waals surface area contributed by atoms with Crippen LogP contribution >= 0.6 is 11.8 Å². The summed E-state index contributed by atoms with van der Waals surface area (Å²) in [5, 5.41) is 23.0. The molecule has 0 spiro atoms. The Kier molecular flexibility index (Phi) is 3.96. The molecule has 2 aliphatic rings. The Bertz CT molecular complexity index is 798. The maximum absolute atomic E-state index is 12.4. The summed E-state index contributed by atoms with van der Waals surface area (Å²) in [4.78, 5) is 13.2. The molecule has 2 aliphatic heterocycles. The number of rotatable bonds is 4. The molecule has 0 radical (unpaired) electrons. The van der Waals surface area contributed by atoms with E-state index in [1.807, 2.05) is 12.1 Å². The largest absolute Gasteiger partial charge is 0.403 e. The van der Waals surface area contributed by atoms with E-state index >= 15 is 0 Å². The number of nitriles is 1. The Balaban J connectivity index is 1.38. The van der Waals surface area contributed by atoms with E-state index in [-0.39, 0.29) is 17.8 Å². The zero-order valence-electron chi connectivity index (χ0n) is 12.7. The van der Waals surface area contributed by atoms with Crippen LogP contribution in [0.15, 0.2) is 38.8 Å². The first-order chi connectivity index (χ1) is 11.7. The fourth-order valence-corrected chi connectivity index (χ4v) is 3.98. The van der Waals surface area contributed by atoms with E-state index in [2.05, 4.69) is 20.8 Å². The minimum Gasteiger partial charge on any atom is -0.403 e. The number of hydrogen-bond acceptors (Lipinski definition) is 7. The van der Waals surface area contributed by atoms with Gasteiger partial charge in [-0.05, 0) is 55.3 Å². The lowest BCUT2D eigenvalue weighted by Crippen LogP contribution is -2.42. The summed E-state index contributed by atoms with van der Waals surface area (Å²) in [6.07, 6.45) is 3.37. The van der Waals surface area contributed by atoms with Crippen LogP contribution in [0.1, 0.15) is 35.5 Å². The molecule has 3 atom stereocenters. The fraction of sp³-hybridized carbons (Fsp3) is 0.375. The summed E-state index contributed by atoms with van der Waals surface area (Å²) in [5.41, 5.74) is 0.630. The number of fused-ring (bicyclic) bond motifs is 2. The van der Waals surface area contributed by atoms with Gasteiger partial charge in [0.25, 0.3) is 11.1 Å². The minimum absolute atomic E-state index is 0.0459. The number of amides is 1. The molecule has 8 heteroatoms. The van der Waals surface area contributed by atoms with Crippen LogP contribution in [0.5, 0.6) is 0 Å². The molecule has 4 rings (SSSR count). The van der Waals surface area contributed by atoms with E-state index < -0.39 is 0 Å². The molecule has 2 N–H and O–H groups in total. The lowest BCUT2D eigenvalue weighted by molar-refractivity contribution is 0.0931. The average molecular weight is 341 g/mol. The lowest BCUT2D eigenvalue weighted by Gasteiger charge is -2.21. The Morgan fingerprint density at radius 2 is 2.17 bits per heavy atom. The molecule has 7 nitrogen and oxygen atoms in total. The van der Waals surface area contributed by atoms with Crippen LogP contribution in [0.4, 0.5) is 0 Å². The number of aromatic nitrogens is 2. The second kappa shape index (κ2) is 6.26. The summed E-state index contributed by atoms with van der Waals surface area (Å²) >= 11 is 1.25. The van der Waals surface area contributed by atoms with Crippen LogP contribution in [-0.2, 0) is 0 Å². The van der Waals surface area contributed by atoms with Crippen LogP contribution in [0.3, 0.4) is 0 Å². The molecule has 1 aromatic carbocycles. The topological polar surface area (TPSA) is 104 Å². The van der Waals surface area contributed by atoms with E-state index in [1.54, 1.807) is 18.2 Å². The van der Waals surface area contributed by atoms with Crippen molar-refractivity contribution in [3.8, 4) is 6.07 Å². The molecular weight excluding hydrogens is 326 g/mol. The number of carbonyl (C=O) groups excluding carboxylic acids is 1. The van der Waals surface area contributed by atoms with Gasteiger partial charge < -0.3 is 15.1 Å². The second-order valence-electron chi connectivity index (χ2n) is 5.97. The van der Waals surface area contributed by atoms with Crippen molar-refractivity contribution in [1.29, 1.82) is 5.26 Å². The van der Waals surface area contributed by atoms with Crippen LogP contribution in [0, 0.1) is 11.3 Å². The Morgan fingerprint density at radius 3 is 2.79 bits per heavy atom. The van der Waals surface area contributed by atoms with Gasteiger partial charge >= 0.3 is 5.89 Å². The molecule has 2 bridgehead atoms. The quantitative estimate of drug-likeness (QED) is 0.872. The normalized spacial score (nSPS) is 24.7. The van der Waals surface area contributed by atoms with Gasteiger partial charge in [-0.2, -0.15) is 5.26 Å². The SMILES string of the molecule is N#Cc1nnc(Sc2ccc(C(=O)N[C@@H]3C[C@H]4CC[C@@H]3N4)cc2)o1. The predicted molar refractivity (Wildman–Crippen MR) is 85.4 cm³/mol. The molecule has 0 saturated carbocycles. The van der Waals surface area contributed by atoms with Crippen LogP contribution in [0.25, 0.3) is 0 Å². The molecule has 2 fully saturated rings. The van der Waals surface area contributed by atoms with Crippen molar-refractivity contribution >= 4 is 17.7 Å². The van der Waals surface area contributed by atoms with Gasteiger partial charge in [0.15, 0.2) is 6.07 Å². The van der Waals surface area contributed by atoms with Crippen molar-refractivity contribution in [2.45, 2.75) is 47.5 Å². The summed E-state index contributed by atoms with van der Waals surface area (Å²) in [6, 6.07) is 10.2. The van der Waals surface area contributed by atoms with E-state index in [0.29, 0.717) is 22.9 Å². The Labute approximate surface area is 142 Å². The number of nitrogens with one attached hydrogen (secondary N) is 2. The van der Waals surface area contributed by atoms with E-state index in [4.69, 9.17) is 9.68 Å². The minimum atomic E-state index is -0.0621. The standard InChI is InChI=1S/C16H15N5O2S/c17-8-14-20-21-16(23-14)24-11-4-1-9(2-5-11)15(22)19-13-7-10-3-6-12(13)18-10/h1-2,4-5,10,12-13,18H,3,6-7H2,(H,19,22)/t10-,12+,13-/m1/s1. The third-order valence-corrected chi connectivity index (χ3v) is 5.29. The van der Waals surface area contributed by atoms with Gasteiger partial charge in [0.05, 0.1) is 0 Å². The summed E-state index contributed by atoms with van der Waals surface area (Å²) < 4.78 is 5.12. The molecular formula is C16H15N5O2S. The predicted octanol–water partition coefficient (Wildman–Crippen LogP) is 1.72. The smallest absolute Gasteiger partial charge is 0.321 e. The molecule has 24 heavy (non-hydrogen) atoms. The Morgan fingerprint density at radius 1 is 1.33 bits per heavy atom. The fourth-order valence-electron chi connectivity index (χ4n) is 3.31. The van der Waals surface area contributed by atoms with Gasteiger partial charge in [0.2, 0.25) is 0 Å². The second-order valence-corrected chi connectivity index (χ2v) is 7.00. The van der Waals surface area contributed by atoms with Gasteiger partial charge in [0.1, 0.15) is 0 Å². The third kappa shape index (κ3) is 3.00. The maximum Gasteiger partial charge on any atom is 0.321 e. The highest BCUT2D eigenvalue weighted by atomic mass is 32.2. The molecule has 122 valence electrons. The first kappa shape index (κ1) is 15.2. The lowest BCUT2D eigenvalue weighted by atomic mass is 9.95. The highest BCUT2D eigenvalue weighted by Crippen LogP contribution is 2.29. The van der Waals surface area contributed by atoms with Crippen LogP contribution in [-0.4, -0.2) is 34.2 Å². The molecule has 1 aromatic heterocycles. The zero-order valence-corrected chi connectivity index (χ0v) is 13.5. The van der Waals surface area contributed by atoms with Crippen molar-refractivity contribution in [2.75, 3.05) is 0 Å². The van der Waals surface area contributed by atoms with Crippen molar-refractivity contribution < 1.29 is 9.21 Å². The first-order valence-corrected chi connectivity index (χ1v) is 8.61. The van der Waals surface area contributed by atoms with Gasteiger partial charge in [-0.1, -0.05) is 10.2 Å². The van der Waals surface area contributed by atoms with Gasteiger partial charge in [0, 0.05) is 28.6 Å². The van der Waals surface area contributed by atoms with Crippen molar-refractivity contribution in [1.82, 2.24) is 20.8 Å². The summed E-state index contributed by atoms with van der Waals surface area (Å²) in [7, 11) is 0. The zero-order chi connectivity index (χ0) is 16.5. The number of carbonyl (C=O) groups is 1. The first-order valence-electron chi connectivity index (χ1n) is 7.80. The van der Waals surface area contributed by atoms with Crippen LogP contribution in [0.2, 0.25) is 0 Å². The molecule has 0 unspecified atom stereocenters. The van der Waals surface area contributed by atoms with Gasteiger partial charge in [-0.25, -0.2) is 0 Å².